The normalized spacial score (nSPS) is 16.3. The van der Waals surface area contributed by atoms with Gasteiger partial charge in [0.05, 0.1) is 18.4 Å². The van der Waals surface area contributed by atoms with Crippen molar-refractivity contribution in [2.75, 3.05) is 12.4 Å². The highest BCUT2D eigenvalue weighted by Crippen LogP contribution is 2.27. The Bertz CT molecular complexity index is 775. The van der Waals surface area contributed by atoms with Crippen LogP contribution in [-0.2, 0) is 16.0 Å². The van der Waals surface area contributed by atoms with E-state index >= 15 is 0 Å². The van der Waals surface area contributed by atoms with Crippen molar-refractivity contribution in [2.45, 2.75) is 12.5 Å². The summed E-state index contributed by atoms with van der Waals surface area (Å²) < 4.78 is 10.4. The summed E-state index contributed by atoms with van der Waals surface area (Å²) in [5, 5.41) is 3.18. The summed E-state index contributed by atoms with van der Waals surface area (Å²) in [6, 6.07) is 12.0. The zero-order valence-electron chi connectivity index (χ0n) is 12.3. The van der Waals surface area contributed by atoms with E-state index in [1.54, 1.807) is 42.5 Å². The van der Waals surface area contributed by atoms with Gasteiger partial charge in [0.15, 0.2) is 6.10 Å². The Hall–Kier alpha value is -2.53. The molecule has 6 heteroatoms. The monoisotopic (exact) mass is 331 g/mol. The van der Waals surface area contributed by atoms with Crippen molar-refractivity contribution in [3.05, 3.63) is 58.6 Å². The minimum Gasteiger partial charge on any atom is -0.495 e. The molecule has 1 heterocycles. The van der Waals surface area contributed by atoms with E-state index < -0.39 is 18.0 Å². The Morgan fingerprint density at radius 1 is 1.30 bits per heavy atom. The first-order valence-electron chi connectivity index (χ1n) is 7.02. The van der Waals surface area contributed by atoms with Crippen LogP contribution in [0.1, 0.15) is 15.9 Å². The molecule has 0 bridgehead atoms. The number of hydrogen-bond acceptors (Lipinski definition) is 4. The third kappa shape index (κ3) is 3.14. The molecule has 0 radical (unpaired) electrons. The first-order valence-corrected chi connectivity index (χ1v) is 7.39. The number of rotatable bonds is 3. The number of ether oxygens (including phenoxy) is 2. The molecule has 1 aliphatic heterocycles. The molecule has 118 valence electrons. The highest BCUT2D eigenvalue weighted by molar-refractivity contribution is 6.31. The van der Waals surface area contributed by atoms with E-state index in [0.717, 1.165) is 5.56 Å². The molecule has 2 aromatic carbocycles. The van der Waals surface area contributed by atoms with E-state index in [1.165, 1.54) is 7.11 Å². The molecule has 0 fully saturated rings. The summed E-state index contributed by atoms with van der Waals surface area (Å²) in [5.41, 5.74) is 1.67. The van der Waals surface area contributed by atoms with Crippen LogP contribution in [0.4, 0.5) is 5.69 Å². The van der Waals surface area contributed by atoms with E-state index in [-0.39, 0.29) is 0 Å². The summed E-state index contributed by atoms with van der Waals surface area (Å²) in [7, 11) is 1.52. The summed E-state index contributed by atoms with van der Waals surface area (Å²) in [4.78, 5) is 24.4. The number of benzene rings is 2. The van der Waals surface area contributed by atoms with Crippen LogP contribution < -0.4 is 10.1 Å². The SMILES string of the molecule is COc1ccccc1NC(=O)[C@@H]1Cc2ccc(Cl)cc2C(=O)O1. The highest BCUT2D eigenvalue weighted by Gasteiger charge is 2.31. The molecule has 5 nitrogen and oxygen atoms in total. The second-order valence-corrected chi connectivity index (χ2v) is 5.53. The quantitative estimate of drug-likeness (QED) is 0.878. The van der Waals surface area contributed by atoms with Gasteiger partial charge in [-0.1, -0.05) is 29.8 Å². The smallest absolute Gasteiger partial charge is 0.339 e. The van der Waals surface area contributed by atoms with Crippen LogP contribution in [-0.4, -0.2) is 25.1 Å². The molecule has 1 N–H and O–H groups in total. The number of hydrogen-bond donors (Lipinski definition) is 1. The van der Waals surface area contributed by atoms with E-state index in [1.807, 2.05) is 0 Å². The molecule has 1 atom stereocenters. The minimum absolute atomic E-state index is 0.305. The second-order valence-electron chi connectivity index (χ2n) is 5.09. The van der Waals surface area contributed by atoms with Crippen LogP contribution >= 0.6 is 11.6 Å². The van der Waals surface area contributed by atoms with Crippen molar-refractivity contribution in [3.8, 4) is 5.75 Å². The van der Waals surface area contributed by atoms with Crippen molar-refractivity contribution >= 4 is 29.2 Å². The lowest BCUT2D eigenvalue weighted by atomic mass is 9.98. The van der Waals surface area contributed by atoms with Gasteiger partial charge in [-0.25, -0.2) is 4.79 Å². The van der Waals surface area contributed by atoms with Crippen LogP contribution in [0, 0.1) is 0 Å². The van der Waals surface area contributed by atoms with E-state index in [9.17, 15) is 9.59 Å². The lowest BCUT2D eigenvalue weighted by molar-refractivity contribution is -0.125. The maximum atomic E-state index is 12.4. The molecule has 0 aliphatic carbocycles. The molecule has 23 heavy (non-hydrogen) atoms. The molecule has 0 aromatic heterocycles. The van der Waals surface area contributed by atoms with Crippen LogP contribution in [0.15, 0.2) is 42.5 Å². The molecule has 0 saturated heterocycles. The number of esters is 1. The van der Waals surface area contributed by atoms with Gasteiger partial charge in [0, 0.05) is 11.4 Å². The van der Waals surface area contributed by atoms with Crippen molar-refractivity contribution in [2.24, 2.45) is 0 Å². The summed E-state index contributed by atoms with van der Waals surface area (Å²) in [6.45, 7) is 0. The lowest BCUT2D eigenvalue weighted by Gasteiger charge is -2.24. The first kappa shape index (κ1) is 15.4. The molecule has 1 amide bonds. The van der Waals surface area contributed by atoms with Crippen LogP contribution in [0.5, 0.6) is 5.75 Å². The van der Waals surface area contributed by atoms with E-state index in [0.29, 0.717) is 28.4 Å². The van der Waals surface area contributed by atoms with Gasteiger partial charge in [0.25, 0.3) is 5.91 Å². The van der Waals surface area contributed by atoms with Gasteiger partial charge in [-0.05, 0) is 29.8 Å². The molecular formula is C17H14ClNO4. The fourth-order valence-electron chi connectivity index (χ4n) is 2.46. The Morgan fingerprint density at radius 3 is 2.87 bits per heavy atom. The largest absolute Gasteiger partial charge is 0.495 e. The number of carbonyl (C=O) groups is 2. The number of anilines is 1. The molecule has 0 saturated carbocycles. The predicted molar refractivity (Wildman–Crippen MR) is 86.0 cm³/mol. The maximum absolute atomic E-state index is 12.4. The van der Waals surface area contributed by atoms with E-state index in [2.05, 4.69) is 5.32 Å². The number of cyclic esters (lactones) is 1. The molecule has 2 aromatic rings. The molecule has 0 unspecified atom stereocenters. The Kier molecular flexibility index (Phi) is 4.21. The maximum Gasteiger partial charge on any atom is 0.339 e. The zero-order chi connectivity index (χ0) is 16.4. The highest BCUT2D eigenvalue weighted by atomic mass is 35.5. The summed E-state index contributed by atoms with van der Waals surface area (Å²) >= 11 is 5.88. The number of amides is 1. The summed E-state index contributed by atoms with van der Waals surface area (Å²) in [5.74, 6) is -0.410. The van der Waals surface area contributed by atoms with Gasteiger partial charge >= 0.3 is 5.97 Å². The average molecular weight is 332 g/mol. The fraction of sp³-hybridized carbons (Fsp3) is 0.176. The Morgan fingerprint density at radius 2 is 2.09 bits per heavy atom. The van der Waals surface area contributed by atoms with Crippen LogP contribution in [0.3, 0.4) is 0 Å². The zero-order valence-corrected chi connectivity index (χ0v) is 13.1. The average Bonchev–Trinajstić information content (AvgIpc) is 2.55. The minimum atomic E-state index is -0.888. The third-order valence-corrected chi connectivity index (χ3v) is 3.84. The summed E-state index contributed by atoms with van der Waals surface area (Å²) in [6.07, 6.45) is -0.583. The van der Waals surface area contributed by atoms with Crippen molar-refractivity contribution in [3.63, 3.8) is 0 Å². The van der Waals surface area contributed by atoms with Gasteiger partial charge in [0.2, 0.25) is 0 Å². The molecule has 0 spiro atoms. The number of methoxy groups -OCH3 is 1. The number of fused-ring (bicyclic) bond motifs is 1. The van der Waals surface area contributed by atoms with Gasteiger partial charge < -0.3 is 14.8 Å². The van der Waals surface area contributed by atoms with Crippen molar-refractivity contribution in [1.29, 1.82) is 0 Å². The number of halogens is 1. The Balaban J connectivity index is 1.79. The Labute approximate surface area is 138 Å². The van der Waals surface area contributed by atoms with Crippen LogP contribution in [0.2, 0.25) is 5.02 Å². The van der Waals surface area contributed by atoms with Gasteiger partial charge in [0.1, 0.15) is 5.75 Å². The first-order chi connectivity index (χ1) is 11.1. The van der Waals surface area contributed by atoms with E-state index in [4.69, 9.17) is 21.1 Å². The van der Waals surface area contributed by atoms with Gasteiger partial charge in [-0.15, -0.1) is 0 Å². The lowest BCUT2D eigenvalue weighted by Crippen LogP contribution is -2.38. The number of nitrogens with one attached hydrogen (secondary N) is 1. The topological polar surface area (TPSA) is 64.6 Å². The number of carbonyl (C=O) groups excluding carboxylic acids is 2. The molecular weight excluding hydrogens is 318 g/mol. The second kappa shape index (κ2) is 6.30. The molecule has 1 aliphatic rings. The van der Waals surface area contributed by atoms with Crippen molar-refractivity contribution in [1.82, 2.24) is 0 Å². The predicted octanol–water partition coefficient (Wildman–Crippen LogP) is 3.07. The van der Waals surface area contributed by atoms with Gasteiger partial charge in [-0.3, -0.25) is 4.79 Å². The van der Waals surface area contributed by atoms with Gasteiger partial charge in [-0.2, -0.15) is 0 Å². The molecule has 3 rings (SSSR count). The fourth-order valence-corrected chi connectivity index (χ4v) is 2.63. The van der Waals surface area contributed by atoms with Crippen LogP contribution in [0.25, 0.3) is 0 Å². The third-order valence-electron chi connectivity index (χ3n) is 3.60. The van der Waals surface area contributed by atoms with Crippen molar-refractivity contribution < 1.29 is 19.1 Å². The standard InChI is InChI=1S/C17H14ClNO4/c1-22-14-5-3-2-4-13(14)19-16(20)15-8-10-6-7-11(18)9-12(10)17(21)23-15/h2-7,9,15H,8H2,1H3,(H,19,20)/t15-/m0/s1. The number of para-hydroxylation sites is 2.